The maximum absolute atomic E-state index is 10.6. The minimum atomic E-state index is -5.08. The number of hydrogen-bond acceptors (Lipinski definition) is 10. The maximum atomic E-state index is 10.6. The molecule has 0 aliphatic carbocycles. The number of aromatic hydroxyl groups is 1. The van der Waals surface area contributed by atoms with Gasteiger partial charge >= 0.3 is 12.1 Å². The second-order valence-corrected chi connectivity index (χ2v) is 8.21. The first-order chi connectivity index (χ1) is 17.7. The molecule has 0 amide bonds. The van der Waals surface area contributed by atoms with E-state index in [2.05, 4.69) is 25.3 Å². The highest BCUT2D eigenvalue weighted by Crippen LogP contribution is 2.34. The fraction of sp³-hybridized carbons (Fsp3) is 0.292. The number of fused-ring (bicyclic) bond motifs is 2. The Morgan fingerprint density at radius 3 is 2.05 bits per heavy atom. The Labute approximate surface area is 214 Å². The average molecular weight is 534 g/mol. The number of aryl methyl sites for hydroxylation is 2. The number of alkyl halides is 3. The van der Waals surface area contributed by atoms with Gasteiger partial charge < -0.3 is 24.6 Å². The van der Waals surface area contributed by atoms with Crippen molar-refractivity contribution in [3.05, 3.63) is 35.5 Å². The molecule has 0 unspecified atom stereocenters. The van der Waals surface area contributed by atoms with Crippen LogP contribution in [0.3, 0.4) is 0 Å². The lowest BCUT2D eigenvalue weighted by atomic mass is 10.1. The van der Waals surface area contributed by atoms with E-state index >= 15 is 0 Å². The number of carboxylic acid groups (broad SMARTS) is 1. The summed E-state index contributed by atoms with van der Waals surface area (Å²) in [5, 5.41) is 22.1. The lowest BCUT2D eigenvalue weighted by molar-refractivity contribution is -0.192. The average Bonchev–Trinajstić information content (AvgIpc) is 2.83. The number of ether oxygens (including phenoxy) is 2. The molecule has 0 radical (unpaired) electrons. The fourth-order valence-electron chi connectivity index (χ4n) is 3.45. The summed E-state index contributed by atoms with van der Waals surface area (Å²) in [6.07, 6.45) is -5.08. The minimum absolute atomic E-state index is 0.108. The van der Waals surface area contributed by atoms with Gasteiger partial charge in [-0.25, -0.2) is 19.7 Å². The molecule has 0 bridgehead atoms. The molecule has 2 heterocycles. The van der Waals surface area contributed by atoms with Crippen LogP contribution in [-0.4, -0.2) is 70.6 Å². The number of halogens is 3. The molecule has 0 fully saturated rings. The van der Waals surface area contributed by atoms with Gasteiger partial charge in [0.1, 0.15) is 0 Å². The first-order valence-electron chi connectivity index (χ1n) is 10.9. The van der Waals surface area contributed by atoms with E-state index in [1.54, 1.807) is 20.3 Å². The SMILES string of the molecule is COc1cc2nc(Nc3nc(O)c4cc(N(C)C)cc(C)c4n3)nc(C)c2cc1OC.O=C(O)C(F)(F)F. The van der Waals surface area contributed by atoms with Gasteiger partial charge in [-0.3, -0.25) is 5.32 Å². The van der Waals surface area contributed by atoms with Crippen molar-refractivity contribution in [2.45, 2.75) is 20.0 Å². The summed E-state index contributed by atoms with van der Waals surface area (Å²) in [6, 6.07) is 7.50. The predicted molar refractivity (Wildman–Crippen MR) is 135 cm³/mol. The van der Waals surface area contributed by atoms with Crippen LogP contribution in [0.4, 0.5) is 30.8 Å². The van der Waals surface area contributed by atoms with Crippen molar-refractivity contribution >= 4 is 45.4 Å². The van der Waals surface area contributed by atoms with Gasteiger partial charge in [-0.05, 0) is 37.6 Å². The molecule has 2 aromatic carbocycles. The smallest absolute Gasteiger partial charge is 0.490 e. The summed E-state index contributed by atoms with van der Waals surface area (Å²) in [6.45, 7) is 3.83. The van der Waals surface area contributed by atoms with Crippen LogP contribution >= 0.6 is 0 Å². The highest BCUT2D eigenvalue weighted by Gasteiger charge is 2.38. The largest absolute Gasteiger partial charge is 0.493 e. The summed E-state index contributed by atoms with van der Waals surface area (Å²) in [4.78, 5) is 28.7. The number of carbonyl (C=O) groups is 1. The zero-order valence-corrected chi connectivity index (χ0v) is 21.3. The second-order valence-electron chi connectivity index (χ2n) is 8.21. The van der Waals surface area contributed by atoms with E-state index in [4.69, 9.17) is 19.4 Å². The van der Waals surface area contributed by atoms with Crippen LogP contribution in [0.25, 0.3) is 21.8 Å². The number of carboxylic acids is 1. The first kappa shape index (κ1) is 28.0. The highest BCUT2D eigenvalue weighted by molar-refractivity contribution is 5.90. The van der Waals surface area contributed by atoms with E-state index in [-0.39, 0.29) is 11.8 Å². The number of methoxy groups -OCH3 is 2. The van der Waals surface area contributed by atoms with Crippen molar-refractivity contribution in [1.29, 1.82) is 0 Å². The van der Waals surface area contributed by atoms with Crippen molar-refractivity contribution < 1.29 is 37.7 Å². The van der Waals surface area contributed by atoms with Crippen LogP contribution in [0.1, 0.15) is 11.3 Å². The lowest BCUT2D eigenvalue weighted by Crippen LogP contribution is -2.21. The second kappa shape index (κ2) is 10.8. The molecular formula is C24H25F3N6O5. The molecule has 0 atom stereocenters. The molecule has 3 N–H and O–H groups in total. The number of hydrogen-bond donors (Lipinski definition) is 3. The quantitative estimate of drug-likeness (QED) is 0.336. The van der Waals surface area contributed by atoms with Gasteiger partial charge in [0.25, 0.3) is 0 Å². The number of anilines is 3. The van der Waals surface area contributed by atoms with E-state index < -0.39 is 12.1 Å². The van der Waals surface area contributed by atoms with Crippen molar-refractivity contribution in [3.63, 3.8) is 0 Å². The molecule has 0 saturated carbocycles. The fourth-order valence-corrected chi connectivity index (χ4v) is 3.45. The van der Waals surface area contributed by atoms with Gasteiger partial charge in [0.15, 0.2) is 11.5 Å². The number of aromatic nitrogens is 4. The molecule has 0 aliphatic heterocycles. The van der Waals surface area contributed by atoms with E-state index in [9.17, 15) is 18.3 Å². The van der Waals surface area contributed by atoms with E-state index in [0.29, 0.717) is 33.9 Å². The van der Waals surface area contributed by atoms with Crippen LogP contribution in [0.5, 0.6) is 17.4 Å². The van der Waals surface area contributed by atoms with Crippen molar-refractivity contribution in [2.24, 2.45) is 0 Å². The third-order valence-electron chi connectivity index (χ3n) is 5.33. The molecule has 0 aliphatic rings. The third-order valence-corrected chi connectivity index (χ3v) is 5.33. The molecule has 4 aromatic rings. The van der Waals surface area contributed by atoms with E-state index in [1.807, 2.05) is 51.0 Å². The molecule has 0 spiro atoms. The summed E-state index contributed by atoms with van der Waals surface area (Å²) in [5.41, 5.74) is 3.98. The Kier molecular flexibility index (Phi) is 7.93. The molecule has 14 heteroatoms. The molecular weight excluding hydrogens is 509 g/mol. The molecule has 11 nitrogen and oxygen atoms in total. The lowest BCUT2D eigenvalue weighted by Gasteiger charge is -2.15. The number of benzene rings is 2. The van der Waals surface area contributed by atoms with Gasteiger partial charge in [0.2, 0.25) is 17.8 Å². The zero-order chi connectivity index (χ0) is 28.4. The maximum Gasteiger partial charge on any atom is 0.490 e. The molecule has 38 heavy (non-hydrogen) atoms. The predicted octanol–water partition coefficient (Wildman–Crippen LogP) is 4.36. The van der Waals surface area contributed by atoms with Crippen molar-refractivity contribution in [3.8, 4) is 17.4 Å². The van der Waals surface area contributed by atoms with Crippen LogP contribution in [-0.2, 0) is 4.79 Å². The zero-order valence-electron chi connectivity index (χ0n) is 21.3. The Morgan fingerprint density at radius 2 is 1.50 bits per heavy atom. The Bertz CT molecular complexity index is 1510. The topological polar surface area (TPSA) is 143 Å². The van der Waals surface area contributed by atoms with Crippen LogP contribution in [0.15, 0.2) is 24.3 Å². The van der Waals surface area contributed by atoms with Gasteiger partial charge in [-0.2, -0.15) is 18.2 Å². The van der Waals surface area contributed by atoms with Crippen LogP contribution < -0.4 is 19.7 Å². The minimum Gasteiger partial charge on any atom is -0.493 e. The standard InChI is InChI=1S/C22H24N6O3.C2HF3O2/c1-11-7-13(28(3)4)8-15-19(11)25-22(26-20(15)29)27-21-23-12(2)14-9-17(30-5)18(31-6)10-16(14)24-21;3-2(4,5)1(6)7/h7-10H,1-6H3,(H2,23,24,25,26,27,29);(H,6,7). The summed E-state index contributed by atoms with van der Waals surface area (Å²) in [5.74, 6) is -1.15. The molecule has 4 rings (SSSR count). The van der Waals surface area contributed by atoms with Crippen molar-refractivity contribution in [2.75, 3.05) is 38.5 Å². The number of aliphatic carboxylic acids is 1. The monoisotopic (exact) mass is 534 g/mol. The summed E-state index contributed by atoms with van der Waals surface area (Å²) in [7, 11) is 7.05. The Balaban J connectivity index is 0.000000505. The number of rotatable bonds is 5. The van der Waals surface area contributed by atoms with Crippen LogP contribution in [0, 0.1) is 13.8 Å². The first-order valence-corrected chi connectivity index (χ1v) is 10.9. The van der Waals surface area contributed by atoms with E-state index in [0.717, 1.165) is 22.3 Å². The van der Waals surface area contributed by atoms with E-state index in [1.165, 1.54) is 0 Å². The van der Waals surface area contributed by atoms with Crippen molar-refractivity contribution in [1.82, 2.24) is 19.9 Å². The van der Waals surface area contributed by atoms with Gasteiger partial charge in [0.05, 0.1) is 36.3 Å². The number of nitrogens with one attached hydrogen (secondary N) is 1. The molecule has 202 valence electrons. The molecule has 2 aromatic heterocycles. The van der Waals surface area contributed by atoms with Gasteiger partial charge in [0, 0.05) is 31.2 Å². The number of nitrogens with zero attached hydrogens (tertiary/aromatic N) is 5. The Morgan fingerprint density at radius 1 is 0.921 bits per heavy atom. The Hall–Kier alpha value is -4.62. The van der Waals surface area contributed by atoms with Gasteiger partial charge in [-0.1, -0.05) is 0 Å². The van der Waals surface area contributed by atoms with Gasteiger partial charge in [-0.15, -0.1) is 0 Å². The van der Waals surface area contributed by atoms with Crippen LogP contribution in [0.2, 0.25) is 0 Å². The third kappa shape index (κ3) is 6.02. The highest BCUT2D eigenvalue weighted by atomic mass is 19.4. The summed E-state index contributed by atoms with van der Waals surface area (Å²) < 4.78 is 42.5. The summed E-state index contributed by atoms with van der Waals surface area (Å²) >= 11 is 0. The molecule has 0 saturated heterocycles. The normalized spacial score (nSPS) is 11.1.